The lowest BCUT2D eigenvalue weighted by atomic mass is 10.2. The van der Waals surface area contributed by atoms with Crippen molar-refractivity contribution in [2.75, 3.05) is 18.2 Å². The van der Waals surface area contributed by atoms with E-state index in [1.54, 1.807) is 0 Å². The summed E-state index contributed by atoms with van der Waals surface area (Å²) in [6.45, 7) is 1.21. The fourth-order valence-electron chi connectivity index (χ4n) is 0.763. The third-order valence-corrected chi connectivity index (χ3v) is 2.51. The maximum atomic E-state index is 9.99. The van der Waals surface area contributed by atoms with Crippen LogP contribution in [0.15, 0.2) is 0 Å². The average molecular weight is 236 g/mol. The van der Waals surface area contributed by atoms with Crippen LogP contribution >= 0.6 is 11.8 Å². The van der Waals surface area contributed by atoms with Gasteiger partial charge in [-0.15, -0.1) is 11.8 Å². The molecule has 88 valence electrons. The summed E-state index contributed by atoms with van der Waals surface area (Å²) in [4.78, 5) is 19.9. The normalized spacial score (nSPS) is 16.3. The van der Waals surface area contributed by atoms with Gasteiger partial charge in [0.1, 0.15) is 6.04 Å². The van der Waals surface area contributed by atoms with Crippen LogP contribution in [0.25, 0.3) is 0 Å². The Morgan fingerprint density at radius 2 is 2.13 bits per heavy atom. The molecule has 1 saturated heterocycles. The molecule has 1 aliphatic heterocycles. The lowest BCUT2D eigenvalue weighted by Gasteiger charge is -2.01. The van der Waals surface area contributed by atoms with Gasteiger partial charge in [-0.1, -0.05) is 0 Å². The Morgan fingerprint density at radius 1 is 1.47 bits per heavy atom. The predicted octanol–water partition coefficient (Wildman–Crippen LogP) is -0.457. The molecule has 0 aromatic heterocycles. The summed E-state index contributed by atoms with van der Waals surface area (Å²) in [6, 6.07) is -1.06. The largest absolute Gasteiger partial charge is 0.481 e. The van der Waals surface area contributed by atoms with Crippen molar-refractivity contribution in [3.8, 4) is 0 Å². The Kier molecular flexibility index (Phi) is 8.06. The summed E-state index contributed by atoms with van der Waals surface area (Å²) in [5.74, 6) is 0.276. The van der Waals surface area contributed by atoms with E-state index in [2.05, 4.69) is 5.32 Å². The minimum absolute atomic E-state index is 0.0231. The zero-order valence-corrected chi connectivity index (χ0v) is 9.13. The second-order valence-electron chi connectivity index (χ2n) is 2.93. The van der Waals surface area contributed by atoms with E-state index in [-0.39, 0.29) is 12.8 Å². The monoisotopic (exact) mass is 236 g/mol. The molecule has 0 spiro atoms. The molecule has 1 rings (SSSR count). The van der Waals surface area contributed by atoms with Crippen LogP contribution in [0.3, 0.4) is 0 Å². The minimum atomic E-state index is -1.17. The van der Waals surface area contributed by atoms with Crippen molar-refractivity contribution in [3.63, 3.8) is 0 Å². The number of hydrogen-bond acceptors (Lipinski definition) is 5. The number of carbonyl (C=O) groups is 2. The lowest BCUT2D eigenvalue weighted by Crippen LogP contribution is -2.30. The summed E-state index contributed by atoms with van der Waals surface area (Å²) >= 11 is 1.96. The van der Waals surface area contributed by atoms with Crippen LogP contribution in [-0.2, 0) is 9.59 Å². The molecule has 1 fully saturated rings. The highest BCUT2D eigenvalue weighted by molar-refractivity contribution is 7.99. The topological polar surface area (TPSA) is 113 Å². The fourth-order valence-corrected chi connectivity index (χ4v) is 1.48. The molecule has 0 bridgehead atoms. The molecule has 0 aromatic rings. The van der Waals surface area contributed by atoms with Gasteiger partial charge in [-0.3, -0.25) is 9.59 Å². The zero-order chi connectivity index (χ0) is 11.7. The van der Waals surface area contributed by atoms with Crippen molar-refractivity contribution in [1.29, 1.82) is 0 Å². The van der Waals surface area contributed by atoms with Gasteiger partial charge in [0.15, 0.2) is 0 Å². The Labute approximate surface area is 92.2 Å². The molecule has 0 saturated carbocycles. The molecule has 1 unspecified atom stereocenters. The number of hydrogen-bond donors (Lipinski definition) is 4. The molecule has 1 heterocycles. The van der Waals surface area contributed by atoms with Gasteiger partial charge < -0.3 is 21.3 Å². The van der Waals surface area contributed by atoms with E-state index in [0.717, 1.165) is 0 Å². The maximum absolute atomic E-state index is 9.99. The molecule has 6 nitrogen and oxygen atoms in total. The number of aliphatic carboxylic acids is 2. The molecule has 0 radical (unpaired) electrons. The molecular formula is C8H16N2O4S. The minimum Gasteiger partial charge on any atom is -0.481 e. The maximum Gasteiger partial charge on any atom is 0.320 e. The van der Waals surface area contributed by atoms with Gasteiger partial charge in [0.2, 0.25) is 0 Å². The van der Waals surface area contributed by atoms with E-state index in [1.165, 1.54) is 18.2 Å². The Balaban J connectivity index is 0.000000322. The van der Waals surface area contributed by atoms with E-state index < -0.39 is 18.0 Å². The number of thioether (sulfide) groups is 1. The number of nitrogens with two attached hydrogens (primary N) is 1. The molecule has 1 aliphatic rings. The predicted molar refractivity (Wildman–Crippen MR) is 57.8 cm³/mol. The van der Waals surface area contributed by atoms with Crippen molar-refractivity contribution in [2.24, 2.45) is 5.73 Å². The van der Waals surface area contributed by atoms with Gasteiger partial charge in [-0.05, 0) is 6.42 Å². The zero-order valence-electron chi connectivity index (χ0n) is 8.31. The summed E-state index contributed by atoms with van der Waals surface area (Å²) in [5.41, 5.74) is 5.00. The smallest absolute Gasteiger partial charge is 0.320 e. The van der Waals surface area contributed by atoms with Crippen molar-refractivity contribution in [3.05, 3.63) is 0 Å². The number of nitrogens with one attached hydrogen (secondary N) is 1. The van der Waals surface area contributed by atoms with E-state index in [9.17, 15) is 9.59 Å². The lowest BCUT2D eigenvalue weighted by molar-refractivity contribution is -0.139. The molecule has 0 amide bonds. The molecule has 0 aliphatic carbocycles. The van der Waals surface area contributed by atoms with Crippen LogP contribution in [0.1, 0.15) is 12.8 Å². The first-order chi connectivity index (χ1) is 7.04. The van der Waals surface area contributed by atoms with E-state index >= 15 is 0 Å². The van der Waals surface area contributed by atoms with Gasteiger partial charge >= 0.3 is 11.9 Å². The van der Waals surface area contributed by atoms with Crippen molar-refractivity contribution in [1.82, 2.24) is 5.32 Å². The summed E-state index contributed by atoms with van der Waals surface area (Å²) in [6.07, 6.45) is -0.224. The SMILES string of the molecule is C1CSCN1.NC(CCC(=O)O)C(=O)O. The standard InChI is InChI=1S/C5H9NO4.C3H7NS/c6-3(5(9)10)1-2-4(7)8;1-2-5-3-4-1/h3H,1-2,6H2,(H,7,8)(H,9,10);4H,1-3H2. The highest BCUT2D eigenvalue weighted by Crippen LogP contribution is 1.99. The van der Waals surface area contributed by atoms with Crippen LogP contribution in [0.4, 0.5) is 0 Å². The molecule has 5 N–H and O–H groups in total. The van der Waals surface area contributed by atoms with Crippen LogP contribution in [0.5, 0.6) is 0 Å². The molecule has 1 atom stereocenters. The van der Waals surface area contributed by atoms with Gasteiger partial charge in [-0.25, -0.2) is 0 Å². The second kappa shape index (κ2) is 8.51. The quantitative estimate of drug-likeness (QED) is 0.522. The molecule has 0 aromatic carbocycles. The van der Waals surface area contributed by atoms with E-state index in [4.69, 9.17) is 15.9 Å². The second-order valence-corrected chi connectivity index (χ2v) is 4.03. The van der Waals surface area contributed by atoms with Crippen LogP contribution < -0.4 is 11.1 Å². The number of rotatable bonds is 4. The third-order valence-electron chi connectivity index (χ3n) is 1.61. The summed E-state index contributed by atoms with van der Waals surface area (Å²) in [5, 5.41) is 19.5. The van der Waals surface area contributed by atoms with Gasteiger partial charge in [0.25, 0.3) is 0 Å². The van der Waals surface area contributed by atoms with Crippen molar-refractivity contribution >= 4 is 23.7 Å². The number of carboxylic acid groups (broad SMARTS) is 2. The van der Waals surface area contributed by atoms with Crippen LogP contribution in [-0.4, -0.2) is 46.4 Å². The van der Waals surface area contributed by atoms with Gasteiger partial charge in [-0.2, -0.15) is 0 Å². The summed E-state index contributed by atoms with van der Waals surface area (Å²) < 4.78 is 0. The Hall–Kier alpha value is -0.790. The van der Waals surface area contributed by atoms with Gasteiger partial charge in [0, 0.05) is 24.6 Å². The molecular weight excluding hydrogens is 220 g/mol. The highest BCUT2D eigenvalue weighted by Gasteiger charge is 2.12. The van der Waals surface area contributed by atoms with Gasteiger partial charge in [0.05, 0.1) is 0 Å². The Bertz CT molecular complexity index is 201. The van der Waals surface area contributed by atoms with Crippen LogP contribution in [0, 0.1) is 0 Å². The Morgan fingerprint density at radius 3 is 2.40 bits per heavy atom. The van der Waals surface area contributed by atoms with Crippen LogP contribution in [0.2, 0.25) is 0 Å². The first-order valence-electron chi connectivity index (χ1n) is 4.52. The third kappa shape index (κ3) is 9.51. The summed E-state index contributed by atoms with van der Waals surface area (Å²) in [7, 11) is 0. The highest BCUT2D eigenvalue weighted by atomic mass is 32.2. The van der Waals surface area contributed by atoms with Crippen molar-refractivity contribution in [2.45, 2.75) is 18.9 Å². The molecule has 15 heavy (non-hydrogen) atoms. The first kappa shape index (κ1) is 14.2. The first-order valence-corrected chi connectivity index (χ1v) is 5.68. The molecule has 7 heteroatoms. The fraction of sp³-hybridized carbons (Fsp3) is 0.750. The average Bonchev–Trinajstić information content (AvgIpc) is 2.71. The van der Waals surface area contributed by atoms with Crippen molar-refractivity contribution < 1.29 is 19.8 Å². The van der Waals surface area contributed by atoms with E-state index in [0.29, 0.717) is 0 Å². The van der Waals surface area contributed by atoms with E-state index in [1.807, 2.05) is 11.8 Å². The number of carboxylic acids is 2.